The van der Waals surface area contributed by atoms with E-state index >= 15 is 0 Å². The lowest BCUT2D eigenvalue weighted by molar-refractivity contribution is 0.145. The third-order valence-electron chi connectivity index (χ3n) is 4.86. The SMILES string of the molecule is CS(=O)(=O)N1CCN(Cn2nc(-c3ccncc3)n(C3CC3)c2=S)CC1. The number of hydrogen-bond acceptors (Lipinski definition) is 6. The zero-order valence-corrected chi connectivity index (χ0v) is 16.3. The molecule has 0 atom stereocenters. The van der Waals surface area contributed by atoms with Gasteiger partial charge in [-0.2, -0.15) is 9.40 Å². The minimum Gasteiger partial charge on any atom is -0.297 e. The summed E-state index contributed by atoms with van der Waals surface area (Å²) in [6.45, 7) is 2.94. The fourth-order valence-electron chi connectivity index (χ4n) is 3.26. The minimum atomic E-state index is -3.12. The summed E-state index contributed by atoms with van der Waals surface area (Å²) in [6, 6.07) is 4.33. The second-order valence-corrected chi connectivity index (χ2v) is 9.21. The summed E-state index contributed by atoms with van der Waals surface area (Å²) in [5, 5.41) is 4.78. The van der Waals surface area contributed by atoms with Gasteiger partial charge in [0.25, 0.3) is 0 Å². The Morgan fingerprint density at radius 3 is 2.38 bits per heavy atom. The fraction of sp³-hybridized carbons (Fsp3) is 0.562. The zero-order valence-electron chi connectivity index (χ0n) is 14.7. The Labute approximate surface area is 158 Å². The van der Waals surface area contributed by atoms with Gasteiger partial charge in [-0.25, -0.2) is 13.1 Å². The summed E-state index contributed by atoms with van der Waals surface area (Å²) in [4.78, 5) is 6.27. The first kappa shape index (κ1) is 17.8. The second kappa shape index (κ2) is 6.84. The Hall–Kier alpha value is -1.62. The van der Waals surface area contributed by atoms with Crippen LogP contribution in [0.25, 0.3) is 11.4 Å². The van der Waals surface area contributed by atoms with Crippen molar-refractivity contribution < 1.29 is 8.42 Å². The number of rotatable bonds is 5. The van der Waals surface area contributed by atoms with Gasteiger partial charge in [0.2, 0.25) is 10.0 Å². The predicted octanol–water partition coefficient (Wildman–Crippen LogP) is 1.35. The number of hydrogen-bond donors (Lipinski definition) is 0. The van der Waals surface area contributed by atoms with Gasteiger partial charge in [0.1, 0.15) is 0 Å². The third-order valence-corrected chi connectivity index (χ3v) is 6.57. The maximum atomic E-state index is 11.7. The average molecular weight is 395 g/mol. The topological polar surface area (TPSA) is 76.3 Å². The minimum absolute atomic E-state index is 0.432. The van der Waals surface area contributed by atoms with Crippen LogP contribution in [0.3, 0.4) is 0 Å². The van der Waals surface area contributed by atoms with E-state index in [2.05, 4.69) is 14.5 Å². The summed E-state index contributed by atoms with van der Waals surface area (Å²) in [7, 11) is -3.12. The van der Waals surface area contributed by atoms with E-state index in [0.717, 1.165) is 29.0 Å². The van der Waals surface area contributed by atoms with E-state index < -0.39 is 10.0 Å². The molecule has 0 spiro atoms. The molecule has 0 radical (unpaired) electrons. The summed E-state index contributed by atoms with van der Waals surface area (Å²) < 4.78 is 29.6. The highest BCUT2D eigenvalue weighted by Gasteiger charge is 2.30. The average Bonchev–Trinajstić information content (AvgIpc) is 3.41. The normalized spacial score (nSPS) is 19.7. The molecule has 10 heteroatoms. The molecule has 2 aromatic rings. The van der Waals surface area contributed by atoms with Gasteiger partial charge in [0.05, 0.1) is 12.9 Å². The first-order valence-electron chi connectivity index (χ1n) is 8.71. The van der Waals surface area contributed by atoms with E-state index in [1.165, 1.54) is 10.6 Å². The van der Waals surface area contributed by atoms with Gasteiger partial charge in [0, 0.05) is 50.2 Å². The Bertz CT molecular complexity index is 941. The van der Waals surface area contributed by atoms with Gasteiger partial charge in [-0.15, -0.1) is 0 Å². The highest BCUT2D eigenvalue weighted by molar-refractivity contribution is 7.88. The Kier molecular flexibility index (Phi) is 4.68. The predicted molar refractivity (Wildman–Crippen MR) is 101 cm³/mol. The van der Waals surface area contributed by atoms with Crippen molar-refractivity contribution in [2.45, 2.75) is 25.6 Å². The Balaban J connectivity index is 1.56. The van der Waals surface area contributed by atoms with Crippen molar-refractivity contribution in [3.05, 3.63) is 29.3 Å². The van der Waals surface area contributed by atoms with Crippen LogP contribution in [0.15, 0.2) is 24.5 Å². The molecule has 8 nitrogen and oxygen atoms in total. The summed E-state index contributed by atoms with van der Waals surface area (Å²) >= 11 is 5.69. The van der Waals surface area contributed by atoms with Crippen LogP contribution in [0.1, 0.15) is 18.9 Å². The molecule has 2 aliphatic rings. The summed E-state index contributed by atoms with van der Waals surface area (Å²) in [5.74, 6) is 0.884. The number of piperazine rings is 1. The smallest absolute Gasteiger partial charge is 0.211 e. The van der Waals surface area contributed by atoms with Crippen molar-refractivity contribution in [1.82, 2.24) is 28.5 Å². The van der Waals surface area contributed by atoms with Crippen LogP contribution in [-0.4, -0.2) is 69.4 Å². The number of nitrogens with zero attached hydrogens (tertiary/aromatic N) is 6. The Morgan fingerprint density at radius 2 is 1.81 bits per heavy atom. The Morgan fingerprint density at radius 1 is 1.15 bits per heavy atom. The molecule has 2 fully saturated rings. The number of pyridine rings is 1. The largest absolute Gasteiger partial charge is 0.297 e. The van der Waals surface area contributed by atoms with Gasteiger partial charge < -0.3 is 0 Å². The molecule has 2 aromatic heterocycles. The van der Waals surface area contributed by atoms with Crippen LogP contribution < -0.4 is 0 Å². The molecule has 140 valence electrons. The highest BCUT2D eigenvalue weighted by Crippen LogP contribution is 2.38. The molecule has 4 rings (SSSR count). The summed E-state index contributed by atoms with van der Waals surface area (Å²) in [5.41, 5.74) is 1.01. The van der Waals surface area contributed by atoms with Gasteiger partial charge in [-0.05, 0) is 37.2 Å². The monoisotopic (exact) mass is 394 g/mol. The first-order chi connectivity index (χ1) is 12.4. The molecule has 0 bridgehead atoms. The quantitative estimate of drug-likeness (QED) is 0.713. The van der Waals surface area contributed by atoms with Crippen LogP contribution in [0.4, 0.5) is 0 Å². The van der Waals surface area contributed by atoms with Crippen LogP contribution in [0, 0.1) is 4.77 Å². The van der Waals surface area contributed by atoms with Crippen molar-refractivity contribution >= 4 is 22.2 Å². The second-order valence-electron chi connectivity index (χ2n) is 6.86. The van der Waals surface area contributed by atoms with Gasteiger partial charge in [-0.3, -0.25) is 14.5 Å². The van der Waals surface area contributed by atoms with E-state index in [4.69, 9.17) is 17.3 Å². The maximum absolute atomic E-state index is 11.7. The van der Waals surface area contributed by atoms with Crippen molar-refractivity contribution in [2.75, 3.05) is 32.4 Å². The highest BCUT2D eigenvalue weighted by atomic mass is 32.2. The van der Waals surface area contributed by atoms with Crippen molar-refractivity contribution in [3.8, 4) is 11.4 Å². The van der Waals surface area contributed by atoms with Crippen LogP contribution in [0.2, 0.25) is 0 Å². The van der Waals surface area contributed by atoms with Crippen molar-refractivity contribution in [2.24, 2.45) is 0 Å². The van der Waals surface area contributed by atoms with E-state index in [1.54, 1.807) is 12.4 Å². The lowest BCUT2D eigenvalue weighted by Gasteiger charge is -2.32. The standard InChI is InChI=1S/C16H22N6O2S2/c1-26(23,24)20-10-8-19(9-11-20)12-21-16(25)22(14-2-3-14)15(18-21)13-4-6-17-7-5-13/h4-7,14H,2-3,8-12H2,1H3. The van der Waals surface area contributed by atoms with Gasteiger partial charge in [-0.1, -0.05) is 0 Å². The van der Waals surface area contributed by atoms with Gasteiger partial charge >= 0.3 is 0 Å². The van der Waals surface area contributed by atoms with E-state index in [0.29, 0.717) is 38.9 Å². The molecule has 26 heavy (non-hydrogen) atoms. The lowest BCUT2D eigenvalue weighted by atomic mass is 10.2. The lowest BCUT2D eigenvalue weighted by Crippen LogP contribution is -2.48. The molecule has 1 saturated carbocycles. The van der Waals surface area contributed by atoms with E-state index in [-0.39, 0.29) is 0 Å². The van der Waals surface area contributed by atoms with E-state index in [9.17, 15) is 8.42 Å². The number of sulfonamides is 1. The molecule has 0 N–H and O–H groups in total. The van der Waals surface area contributed by atoms with Crippen LogP contribution >= 0.6 is 12.2 Å². The zero-order chi connectivity index (χ0) is 18.3. The molecular weight excluding hydrogens is 372 g/mol. The van der Waals surface area contributed by atoms with Crippen molar-refractivity contribution in [3.63, 3.8) is 0 Å². The molecule has 1 aliphatic carbocycles. The molecule has 0 amide bonds. The molecule has 0 unspecified atom stereocenters. The van der Waals surface area contributed by atoms with Crippen molar-refractivity contribution in [1.29, 1.82) is 0 Å². The molecule has 1 saturated heterocycles. The molecule has 3 heterocycles. The number of aromatic nitrogens is 4. The van der Waals surface area contributed by atoms with Gasteiger partial charge in [0.15, 0.2) is 10.6 Å². The maximum Gasteiger partial charge on any atom is 0.211 e. The fourth-order valence-corrected chi connectivity index (χ4v) is 4.42. The molecular formula is C16H22N6O2S2. The van der Waals surface area contributed by atoms with Crippen LogP contribution in [-0.2, 0) is 16.7 Å². The van der Waals surface area contributed by atoms with E-state index in [1.807, 2.05) is 16.8 Å². The molecule has 0 aromatic carbocycles. The first-order valence-corrected chi connectivity index (χ1v) is 11.0. The third kappa shape index (κ3) is 3.59. The molecule has 1 aliphatic heterocycles. The van der Waals surface area contributed by atoms with Crippen LogP contribution in [0.5, 0.6) is 0 Å². The summed E-state index contributed by atoms with van der Waals surface area (Å²) in [6.07, 6.45) is 7.05.